The molecule has 3 heterocycles. The number of β-lactam (4-membered cyclic amide) rings is 1. The molecule has 230 valence electrons. The lowest BCUT2D eigenvalue weighted by molar-refractivity contribution is -0.192. The van der Waals surface area contributed by atoms with Crippen LogP contribution in [0.1, 0.15) is 26.5 Å². The van der Waals surface area contributed by atoms with Crippen molar-refractivity contribution in [2.45, 2.75) is 44.0 Å². The molecule has 0 radical (unpaired) electrons. The third kappa shape index (κ3) is 8.09. The van der Waals surface area contributed by atoms with Crippen LogP contribution in [0.15, 0.2) is 21.8 Å². The van der Waals surface area contributed by atoms with Crippen LogP contribution in [0.25, 0.3) is 0 Å². The number of carboxylic acids is 3. The Hall–Kier alpha value is -4.40. The van der Waals surface area contributed by atoms with E-state index in [0.29, 0.717) is 0 Å². The van der Waals surface area contributed by atoms with Crippen LogP contribution < -0.4 is 11.1 Å². The minimum atomic E-state index is -5.08. The molecule has 3 rings (SSSR count). The maximum absolute atomic E-state index is 13.0. The van der Waals surface area contributed by atoms with Crippen LogP contribution in [0.2, 0.25) is 0 Å². The van der Waals surface area contributed by atoms with Crippen LogP contribution in [-0.4, -0.2) is 102 Å². The number of amides is 2. The third-order valence-electron chi connectivity index (χ3n) is 5.09. The van der Waals surface area contributed by atoms with Crippen molar-refractivity contribution in [1.29, 1.82) is 0 Å². The Morgan fingerprint density at radius 1 is 1.19 bits per heavy atom. The Labute approximate surface area is 241 Å². The molecule has 1 saturated heterocycles. The molecule has 42 heavy (non-hydrogen) atoms. The number of rotatable bonds is 9. The molecule has 1 fully saturated rings. The summed E-state index contributed by atoms with van der Waals surface area (Å²) in [6.45, 7) is 3.35. The quantitative estimate of drug-likeness (QED) is 0.105. The van der Waals surface area contributed by atoms with Gasteiger partial charge in [-0.2, -0.15) is 13.2 Å². The standard InChI is InChI=1S/C19H21N5O9S2.C2HF3O2/c1-7(25)32-4-8-5-34-15-11(14(27)24(15)12(8)16(28)29)22-13(26)10(9-6-35-18(20)21-9)23-33-19(2,3)17(30)31;3-2(4,5)1(6)7/h6,11,15H,4-5H2,1-3H3,(H2,20,21)(H,22,26)(H,28,29)(H,30,31);(H,6,7)/b23-10-;/t11-,15-;/m1./s1. The molecule has 0 unspecified atom stereocenters. The smallest absolute Gasteiger partial charge is 0.478 e. The molecule has 0 bridgehead atoms. The average molecular weight is 642 g/mol. The summed E-state index contributed by atoms with van der Waals surface area (Å²) < 4.78 is 36.6. The second-order valence-corrected chi connectivity index (χ2v) is 10.6. The van der Waals surface area contributed by atoms with E-state index < -0.39 is 64.6 Å². The first kappa shape index (κ1) is 33.8. The molecule has 0 spiro atoms. The van der Waals surface area contributed by atoms with Crippen LogP contribution in [0, 0.1) is 0 Å². The van der Waals surface area contributed by atoms with Gasteiger partial charge < -0.3 is 35.9 Å². The number of carbonyl (C=O) groups excluding carboxylic acids is 3. The van der Waals surface area contributed by atoms with Gasteiger partial charge in [-0.3, -0.25) is 19.3 Å². The number of nitrogens with zero attached hydrogens (tertiary/aromatic N) is 3. The van der Waals surface area contributed by atoms with Crippen molar-refractivity contribution >= 4 is 69.6 Å². The largest absolute Gasteiger partial charge is 0.490 e. The zero-order valence-electron chi connectivity index (χ0n) is 21.6. The molecule has 2 aliphatic heterocycles. The zero-order chi connectivity index (χ0) is 32.2. The van der Waals surface area contributed by atoms with Crippen LogP contribution in [0.5, 0.6) is 0 Å². The fraction of sp³-hybridized carbons (Fsp3) is 0.429. The van der Waals surface area contributed by atoms with Crippen LogP contribution in [-0.2, 0) is 38.3 Å². The molecule has 2 atom stereocenters. The van der Waals surface area contributed by atoms with E-state index in [0.717, 1.165) is 16.2 Å². The Morgan fingerprint density at radius 2 is 1.79 bits per heavy atom. The van der Waals surface area contributed by atoms with Crippen molar-refractivity contribution in [3.05, 3.63) is 22.3 Å². The lowest BCUT2D eigenvalue weighted by atomic mass is 10.0. The van der Waals surface area contributed by atoms with Gasteiger partial charge in [0.2, 0.25) is 5.60 Å². The molecule has 2 amide bonds. The number of alkyl halides is 3. The van der Waals surface area contributed by atoms with Gasteiger partial charge >= 0.3 is 30.1 Å². The van der Waals surface area contributed by atoms with Gasteiger partial charge in [0, 0.05) is 23.6 Å². The summed E-state index contributed by atoms with van der Waals surface area (Å²) >= 11 is 2.18. The van der Waals surface area contributed by atoms with Gasteiger partial charge in [0.15, 0.2) is 10.8 Å². The topological polar surface area (TPSA) is 248 Å². The summed E-state index contributed by atoms with van der Waals surface area (Å²) in [5.41, 5.74) is 3.38. The molecule has 1 aromatic rings. The van der Waals surface area contributed by atoms with Crippen LogP contribution in [0.4, 0.5) is 18.3 Å². The van der Waals surface area contributed by atoms with Crippen molar-refractivity contribution in [3.8, 4) is 0 Å². The number of fused-ring (bicyclic) bond motifs is 1. The lowest BCUT2D eigenvalue weighted by Gasteiger charge is -2.49. The number of thioether (sulfide) groups is 1. The van der Waals surface area contributed by atoms with E-state index in [9.17, 15) is 47.4 Å². The first-order chi connectivity index (χ1) is 19.3. The van der Waals surface area contributed by atoms with Crippen molar-refractivity contribution < 1.29 is 66.8 Å². The van der Waals surface area contributed by atoms with E-state index in [4.69, 9.17) is 25.2 Å². The van der Waals surface area contributed by atoms with E-state index in [1.54, 1.807) is 0 Å². The summed E-state index contributed by atoms with van der Waals surface area (Å²) in [7, 11) is 0. The maximum Gasteiger partial charge on any atom is 0.490 e. The monoisotopic (exact) mass is 641 g/mol. The molecule has 21 heteroatoms. The van der Waals surface area contributed by atoms with Crippen molar-refractivity contribution in [2.75, 3.05) is 18.1 Å². The molecule has 0 aliphatic carbocycles. The maximum atomic E-state index is 13.0. The fourth-order valence-corrected chi connectivity index (χ4v) is 4.87. The second kappa shape index (κ2) is 13.1. The lowest BCUT2D eigenvalue weighted by Crippen LogP contribution is -2.71. The van der Waals surface area contributed by atoms with E-state index in [1.165, 1.54) is 37.9 Å². The number of nitrogen functional groups attached to an aromatic ring is 1. The Morgan fingerprint density at radius 3 is 2.24 bits per heavy atom. The Bertz CT molecular complexity index is 1360. The van der Waals surface area contributed by atoms with Gasteiger partial charge in [0.25, 0.3) is 11.8 Å². The molecule has 6 N–H and O–H groups in total. The average Bonchev–Trinajstić information content (AvgIpc) is 3.30. The molecule has 16 nitrogen and oxygen atoms in total. The number of oxime groups is 1. The highest BCUT2D eigenvalue weighted by Gasteiger charge is 2.54. The molecular weight excluding hydrogens is 619 g/mol. The number of aliphatic carboxylic acids is 3. The van der Waals surface area contributed by atoms with Crippen LogP contribution >= 0.6 is 23.1 Å². The number of carbonyl (C=O) groups is 6. The highest BCUT2D eigenvalue weighted by atomic mass is 32.2. The van der Waals surface area contributed by atoms with Gasteiger partial charge in [-0.05, 0) is 13.8 Å². The highest BCUT2D eigenvalue weighted by molar-refractivity contribution is 8.00. The van der Waals surface area contributed by atoms with E-state index >= 15 is 0 Å². The summed E-state index contributed by atoms with van der Waals surface area (Å²) in [6, 6.07) is -1.11. The minimum absolute atomic E-state index is 0.000836. The number of esters is 1. The number of ether oxygens (including phenoxy) is 1. The van der Waals surface area contributed by atoms with Gasteiger partial charge in [0.05, 0.1) is 0 Å². The SMILES string of the molecule is CC(=O)OCC1=C(C(=O)O)N2C(=O)[C@@H](NC(=O)/C(=N\OC(C)(C)C(=O)O)c3csc(N)n3)[C@H]2SC1.O=C(O)C(F)(F)F. The van der Waals surface area contributed by atoms with Gasteiger partial charge in [-0.15, -0.1) is 23.1 Å². The number of aromatic nitrogens is 1. The first-order valence-electron chi connectivity index (χ1n) is 11.1. The highest BCUT2D eigenvalue weighted by Crippen LogP contribution is 2.40. The normalized spacial score (nSPS) is 18.6. The zero-order valence-corrected chi connectivity index (χ0v) is 23.3. The molecule has 0 saturated carbocycles. The Balaban J connectivity index is 0.000000782. The second-order valence-electron chi connectivity index (χ2n) is 8.62. The van der Waals surface area contributed by atoms with Gasteiger partial charge in [-0.1, -0.05) is 5.16 Å². The number of hydrogen-bond donors (Lipinski definition) is 5. The first-order valence-corrected chi connectivity index (χ1v) is 13.1. The predicted octanol–water partition coefficient (Wildman–Crippen LogP) is 0.244. The van der Waals surface area contributed by atoms with E-state index in [1.807, 2.05) is 0 Å². The van der Waals surface area contributed by atoms with Crippen molar-refractivity contribution in [1.82, 2.24) is 15.2 Å². The van der Waals surface area contributed by atoms with Crippen molar-refractivity contribution in [2.24, 2.45) is 5.16 Å². The molecular formula is C21H22F3N5O11S2. The van der Waals surface area contributed by atoms with Gasteiger partial charge in [0.1, 0.15) is 29.4 Å². The number of anilines is 1. The number of thiazole rings is 1. The third-order valence-corrected chi connectivity index (χ3v) is 7.10. The molecule has 1 aromatic heterocycles. The van der Waals surface area contributed by atoms with Gasteiger partial charge in [-0.25, -0.2) is 19.4 Å². The summed E-state index contributed by atoms with van der Waals surface area (Å²) in [4.78, 5) is 79.0. The van der Waals surface area contributed by atoms with E-state index in [2.05, 4.69) is 15.5 Å². The number of nitrogens with two attached hydrogens (primary N) is 1. The van der Waals surface area contributed by atoms with Crippen LogP contribution in [0.3, 0.4) is 0 Å². The fourth-order valence-electron chi connectivity index (χ4n) is 2.99. The number of nitrogens with one attached hydrogen (secondary N) is 1. The minimum Gasteiger partial charge on any atom is -0.478 e. The molecule has 2 aliphatic rings. The Kier molecular flexibility index (Phi) is 10.5. The molecule has 0 aromatic carbocycles. The number of carboxylic acid groups (broad SMARTS) is 3. The summed E-state index contributed by atoms with van der Waals surface area (Å²) in [5.74, 6) is -7.52. The number of halogens is 3. The van der Waals surface area contributed by atoms with E-state index in [-0.39, 0.29) is 34.5 Å². The summed E-state index contributed by atoms with van der Waals surface area (Å²) in [6.07, 6.45) is -5.08. The van der Waals surface area contributed by atoms with Crippen molar-refractivity contribution in [3.63, 3.8) is 0 Å². The number of hydrogen-bond acceptors (Lipinski definition) is 13. The summed E-state index contributed by atoms with van der Waals surface area (Å²) in [5, 5.41) is 32.9. The predicted molar refractivity (Wildman–Crippen MR) is 136 cm³/mol.